The van der Waals surface area contributed by atoms with E-state index in [0.717, 1.165) is 19.4 Å². The molecule has 1 unspecified atom stereocenters. The van der Waals surface area contributed by atoms with Crippen molar-refractivity contribution in [3.8, 4) is 0 Å². The minimum absolute atomic E-state index is 0.282. The van der Waals surface area contributed by atoms with Crippen LogP contribution < -0.4 is 5.32 Å². The van der Waals surface area contributed by atoms with Gasteiger partial charge in [-0.2, -0.15) is 0 Å². The second-order valence-corrected chi connectivity index (χ2v) is 6.56. The van der Waals surface area contributed by atoms with Gasteiger partial charge in [-0.05, 0) is 44.6 Å². The Bertz CT molecular complexity index is 266. The molecule has 0 aliphatic heterocycles. The molecule has 0 spiro atoms. The Hall–Kier alpha value is -0.570. The summed E-state index contributed by atoms with van der Waals surface area (Å²) in [5.41, 5.74) is 0.470. The van der Waals surface area contributed by atoms with Crippen LogP contribution in [0.4, 0.5) is 0 Å². The van der Waals surface area contributed by atoms with Crippen molar-refractivity contribution < 1.29 is 4.79 Å². The molecule has 1 rings (SSSR count). The molecule has 0 saturated heterocycles. The van der Waals surface area contributed by atoms with Gasteiger partial charge in [0.1, 0.15) is 0 Å². The topological polar surface area (TPSA) is 32.3 Å². The normalized spacial score (nSPS) is 21.6. The van der Waals surface area contributed by atoms with Gasteiger partial charge in [0.05, 0.1) is 0 Å². The largest absolute Gasteiger partial charge is 0.343 e. The first-order valence-electron chi connectivity index (χ1n) is 7.35. The predicted molar refractivity (Wildman–Crippen MR) is 76.6 cm³/mol. The maximum atomic E-state index is 12.2. The molecule has 0 aromatic carbocycles. The molecule has 106 valence electrons. The molecule has 0 radical (unpaired) electrons. The Morgan fingerprint density at radius 1 is 1.39 bits per heavy atom. The monoisotopic (exact) mass is 254 g/mol. The number of carbonyl (C=O) groups is 1. The molecule has 1 aliphatic carbocycles. The summed E-state index contributed by atoms with van der Waals surface area (Å²) in [5, 5.41) is 3.30. The lowest BCUT2D eigenvalue weighted by molar-refractivity contribution is -0.133. The molecule has 1 amide bonds. The van der Waals surface area contributed by atoms with Crippen LogP contribution >= 0.6 is 0 Å². The zero-order chi connectivity index (χ0) is 13.8. The number of hydrogen-bond acceptors (Lipinski definition) is 2. The Balaban J connectivity index is 2.40. The molecule has 0 heterocycles. The molecule has 1 aliphatic rings. The second kappa shape index (κ2) is 6.55. The van der Waals surface area contributed by atoms with Crippen LogP contribution in [0.15, 0.2) is 0 Å². The van der Waals surface area contributed by atoms with E-state index in [-0.39, 0.29) is 11.9 Å². The van der Waals surface area contributed by atoms with Crippen molar-refractivity contribution in [2.75, 3.05) is 13.6 Å². The number of amides is 1. The van der Waals surface area contributed by atoms with Crippen molar-refractivity contribution in [1.29, 1.82) is 0 Å². The van der Waals surface area contributed by atoms with E-state index in [4.69, 9.17) is 0 Å². The van der Waals surface area contributed by atoms with Gasteiger partial charge < -0.3 is 10.2 Å². The smallest absolute Gasteiger partial charge is 0.224 e. The Morgan fingerprint density at radius 3 is 2.44 bits per heavy atom. The molecule has 3 nitrogen and oxygen atoms in total. The lowest BCUT2D eigenvalue weighted by Gasteiger charge is -2.39. The van der Waals surface area contributed by atoms with Crippen LogP contribution in [0.1, 0.15) is 59.8 Å². The van der Waals surface area contributed by atoms with Gasteiger partial charge in [-0.1, -0.05) is 20.8 Å². The van der Waals surface area contributed by atoms with E-state index in [0.29, 0.717) is 17.9 Å². The average Bonchev–Trinajstić information content (AvgIpc) is 2.28. The molecular weight excluding hydrogens is 224 g/mol. The van der Waals surface area contributed by atoms with Crippen LogP contribution in [0, 0.1) is 5.41 Å². The van der Waals surface area contributed by atoms with Crippen LogP contribution in [-0.4, -0.2) is 36.5 Å². The minimum Gasteiger partial charge on any atom is -0.343 e. The Kier molecular flexibility index (Phi) is 5.64. The quantitative estimate of drug-likeness (QED) is 0.818. The van der Waals surface area contributed by atoms with Crippen molar-refractivity contribution in [1.82, 2.24) is 10.2 Å². The van der Waals surface area contributed by atoms with Crippen molar-refractivity contribution in [3.63, 3.8) is 0 Å². The zero-order valence-corrected chi connectivity index (χ0v) is 12.8. The van der Waals surface area contributed by atoms with Gasteiger partial charge in [-0.15, -0.1) is 0 Å². The maximum absolute atomic E-state index is 12.2. The zero-order valence-electron chi connectivity index (χ0n) is 12.8. The Labute approximate surface area is 112 Å². The predicted octanol–water partition coefficient (Wildman–Crippen LogP) is 2.80. The standard InChI is InChI=1S/C15H30N2O/c1-6-16-12(2)11-14(18)17(5)13-7-9-15(3,4)10-8-13/h12-13,16H,6-11H2,1-5H3. The fourth-order valence-electron chi connectivity index (χ4n) is 2.80. The molecular formula is C15H30N2O. The van der Waals surface area contributed by atoms with Crippen molar-refractivity contribution in [3.05, 3.63) is 0 Å². The molecule has 0 aromatic heterocycles. The van der Waals surface area contributed by atoms with Gasteiger partial charge >= 0.3 is 0 Å². The van der Waals surface area contributed by atoms with Crippen molar-refractivity contribution in [2.24, 2.45) is 5.41 Å². The van der Waals surface area contributed by atoms with E-state index in [1.54, 1.807) is 0 Å². The summed E-state index contributed by atoms with van der Waals surface area (Å²) in [6, 6.07) is 0.740. The summed E-state index contributed by atoms with van der Waals surface area (Å²) in [4.78, 5) is 14.2. The van der Waals surface area contributed by atoms with Crippen molar-refractivity contribution >= 4 is 5.91 Å². The van der Waals surface area contributed by atoms with E-state index in [1.165, 1.54) is 12.8 Å². The van der Waals surface area contributed by atoms with E-state index < -0.39 is 0 Å². The first-order valence-corrected chi connectivity index (χ1v) is 7.35. The van der Waals surface area contributed by atoms with Crippen LogP contribution in [-0.2, 0) is 4.79 Å². The summed E-state index contributed by atoms with van der Waals surface area (Å²) in [6.07, 6.45) is 5.40. The summed E-state index contributed by atoms with van der Waals surface area (Å²) in [7, 11) is 1.98. The molecule has 1 saturated carbocycles. The highest BCUT2D eigenvalue weighted by molar-refractivity contribution is 5.76. The first-order chi connectivity index (χ1) is 8.35. The highest BCUT2D eigenvalue weighted by Gasteiger charge is 2.30. The summed E-state index contributed by atoms with van der Waals surface area (Å²) >= 11 is 0. The molecule has 0 aromatic rings. The summed E-state index contributed by atoms with van der Waals surface area (Å²) < 4.78 is 0. The molecule has 1 fully saturated rings. The number of rotatable bonds is 5. The lowest BCUT2D eigenvalue weighted by Crippen LogP contribution is -2.43. The summed E-state index contributed by atoms with van der Waals surface area (Å²) in [6.45, 7) is 9.75. The third-order valence-corrected chi connectivity index (χ3v) is 4.28. The number of nitrogens with one attached hydrogen (secondary N) is 1. The van der Waals surface area contributed by atoms with E-state index >= 15 is 0 Å². The molecule has 1 atom stereocenters. The molecule has 0 bridgehead atoms. The number of nitrogens with zero attached hydrogens (tertiary/aromatic N) is 1. The Morgan fingerprint density at radius 2 is 1.94 bits per heavy atom. The van der Waals surface area contributed by atoms with E-state index in [2.05, 4.69) is 33.0 Å². The third-order valence-electron chi connectivity index (χ3n) is 4.28. The number of hydrogen-bond donors (Lipinski definition) is 1. The second-order valence-electron chi connectivity index (χ2n) is 6.56. The van der Waals surface area contributed by atoms with Gasteiger partial charge in [0, 0.05) is 25.6 Å². The van der Waals surface area contributed by atoms with Crippen LogP contribution in [0.5, 0.6) is 0 Å². The lowest BCUT2D eigenvalue weighted by atomic mass is 9.75. The fourth-order valence-corrected chi connectivity index (χ4v) is 2.80. The SMILES string of the molecule is CCNC(C)CC(=O)N(C)C1CCC(C)(C)CC1. The molecule has 18 heavy (non-hydrogen) atoms. The highest BCUT2D eigenvalue weighted by Crippen LogP contribution is 2.36. The number of carbonyl (C=O) groups excluding carboxylic acids is 1. The minimum atomic E-state index is 0.282. The molecule has 1 N–H and O–H groups in total. The van der Waals surface area contributed by atoms with Gasteiger partial charge in [0.25, 0.3) is 0 Å². The first kappa shape index (κ1) is 15.5. The van der Waals surface area contributed by atoms with Crippen LogP contribution in [0.2, 0.25) is 0 Å². The van der Waals surface area contributed by atoms with Gasteiger partial charge in [-0.3, -0.25) is 4.79 Å². The van der Waals surface area contributed by atoms with Gasteiger partial charge in [-0.25, -0.2) is 0 Å². The van der Waals surface area contributed by atoms with E-state index in [1.807, 2.05) is 11.9 Å². The molecule has 3 heteroatoms. The van der Waals surface area contributed by atoms with Gasteiger partial charge in [0.15, 0.2) is 0 Å². The maximum Gasteiger partial charge on any atom is 0.224 e. The van der Waals surface area contributed by atoms with Gasteiger partial charge in [0.2, 0.25) is 5.91 Å². The third kappa shape index (κ3) is 4.60. The van der Waals surface area contributed by atoms with Crippen molar-refractivity contribution in [2.45, 2.75) is 71.9 Å². The summed E-state index contributed by atoms with van der Waals surface area (Å²) in [5.74, 6) is 0.285. The van der Waals surface area contributed by atoms with Crippen LogP contribution in [0.25, 0.3) is 0 Å². The van der Waals surface area contributed by atoms with E-state index in [9.17, 15) is 4.79 Å². The highest BCUT2D eigenvalue weighted by atomic mass is 16.2. The fraction of sp³-hybridized carbons (Fsp3) is 0.933. The average molecular weight is 254 g/mol. The van der Waals surface area contributed by atoms with Crippen LogP contribution in [0.3, 0.4) is 0 Å².